The number of halogens is 3. The Kier molecular flexibility index (Phi) is 4.89. The minimum absolute atomic E-state index is 0. The number of nitrogens with two attached hydrogens (primary N) is 1. The molecule has 1 aromatic rings. The topological polar surface area (TPSA) is 26.0 Å². The SMILES string of the molecule is Cc1c(Br)cc(F)cc1[C@@H](C)N.Cl. The van der Waals surface area contributed by atoms with Gasteiger partial charge in [0.2, 0.25) is 0 Å². The molecule has 0 saturated heterocycles. The predicted octanol–water partition coefficient (Wildman–Crippen LogP) is 3.34. The number of hydrogen-bond donors (Lipinski definition) is 1. The van der Waals surface area contributed by atoms with Crippen LogP contribution < -0.4 is 5.73 Å². The van der Waals surface area contributed by atoms with Crippen molar-refractivity contribution in [1.29, 1.82) is 0 Å². The molecule has 0 saturated carbocycles. The standard InChI is InChI=1S/C9H11BrFN.ClH/c1-5-8(6(2)12)3-7(11)4-9(5)10;/h3-4,6H,12H2,1-2H3;1H/t6-;/m1./s1. The minimum Gasteiger partial charge on any atom is -0.324 e. The van der Waals surface area contributed by atoms with Crippen LogP contribution >= 0.6 is 28.3 Å². The van der Waals surface area contributed by atoms with Crippen molar-refractivity contribution in [2.24, 2.45) is 5.73 Å². The van der Waals surface area contributed by atoms with Crippen molar-refractivity contribution in [3.8, 4) is 0 Å². The Morgan fingerprint density at radius 2 is 2.00 bits per heavy atom. The van der Waals surface area contributed by atoms with E-state index in [-0.39, 0.29) is 24.3 Å². The lowest BCUT2D eigenvalue weighted by Crippen LogP contribution is -2.07. The Morgan fingerprint density at radius 3 is 2.46 bits per heavy atom. The van der Waals surface area contributed by atoms with Crippen LogP contribution in [0.15, 0.2) is 16.6 Å². The maximum Gasteiger partial charge on any atom is 0.124 e. The van der Waals surface area contributed by atoms with E-state index >= 15 is 0 Å². The van der Waals surface area contributed by atoms with E-state index in [2.05, 4.69) is 15.9 Å². The van der Waals surface area contributed by atoms with Gasteiger partial charge in [0.15, 0.2) is 0 Å². The van der Waals surface area contributed by atoms with Crippen molar-refractivity contribution < 1.29 is 4.39 Å². The van der Waals surface area contributed by atoms with Crippen LogP contribution in [0.5, 0.6) is 0 Å². The molecule has 0 heterocycles. The van der Waals surface area contributed by atoms with E-state index in [1.165, 1.54) is 12.1 Å². The maximum atomic E-state index is 12.9. The van der Waals surface area contributed by atoms with E-state index in [1.54, 1.807) is 0 Å². The fraction of sp³-hybridized carbons (Fsp3) is 0.333. The summed E-state index contributed by atoms with van der Waals surface area (Å²) in [5, 5.41) is 0. The van der Waals surface area contributed by atoms with E-state index in [9.17, 15) is 4.39 Å². The molecular weight excluding hydrogens is 256 g/mol. The number of rotatable bonds is 1. The van der Waals surface area contributed by atoms with Gasteiger partial charge in [-0.1, -0.05) is 15.9 Å². The zero-order valence-corrected chi connectivity index (χ0v) is 9.88. The monoisotopic (exact) mass is 267 g/mol. The Labute approximate surface area is 92.1 Å². The van der Waals surface area contributed by atoms with E-state index in [1.807, 2.05) is 13.8 Å². The van der Waals surface area contributed by atoms with Crippen LogP contribution in [0, 0.1) is 12.7 Å². The highest BCUT2D eigenvalue weighted by atomic mass is 79.9. The Hall–Kier alpha value is -0.120. The lowest BCUT2D eigenvalue weighted by atomic mass is 10.0. The average molecular weight is 269 g/mol. The van der Waals surface area contributed by atoms with E-state index in [0.29, 0.717) is 0 Å². The van der Waals surface area contributed by atoms with Gasteiger partial charge in [-0.15, -0.1) is 12.4 Å². The zero-order valence-electron chi connectivity index (χ0n) is 7.47. The molecule has 0 bridgehead atoms. The molecule has 0 aliphatic carbocycles. The van der Waals surface area contributed by atoms with Crippen LogP contribution in [0.2, 0.25) is 0 Å². The molecule has 1 nitrogen and oxygen atoms in total. The molecule has 0 radical (unpaired) electrons. The average Bonchev–Trinajstić information content (AvgIpc) is 1.96. The minimum atomic E-state index is -0.250. The van der Waals surface area contributed by atoms with E-state index < -0.39 is 0 Å². The molecule has 1 rings (SSSR count). The quantitative estimate of drug-likeness (QED) is 0.830. The van der Waals surface area contributed by atoms with Crippen LogP contribution in [0.4, 0.5) is 4.39 Å². The summed E-state index contributed by atoms with van der Waals surface area (Å²) in [6.45, 7) is 3.76. The number of hydrogen-bond acceptors (Lipinski definition) is 1. The van der Waals surface area contributed by atoms with Gasteiger partial charge >= 0.3 is 0 Å². The second-order valence-electron chi connectivity index (χ2n) is 2.89. The predicted molar refractivity (Wildman–Crippen MR) is 58.7 cm³/mol. The van der Waals surface area contributed by atoms with Crippen molar-refractivity contribution in [2.75, 3.05) is 0 Å². The summed E-state index contributed by atoms with van der Waals surface area (Å²) in [7, 11) is 0. The fourth-order valence-corrected chi connectivity index (χ4v) is 1.59. The van der Waals surface area contributed by atoms with Gasteiger partial charge in [0.1, 0.15) is 5.82 Å². The van der Waals surface area contributed by atoms with Gasteiger partial charge in [-0.05, 0) is 37.1 Å². The first-order valence-electron chi connectivity index (χ1n) is 3.73. The Balaban J connectivity index is 0.00000144. The first-order chi connectivity index (χ1) is 5.52. The highest BCUT2D eigenvalue weighted by molar-refractivity contribution is 9.10. The van der Waals surface area contributed by atoms with Crippen molar-refractivity contribution in [3.05, 3.63) is 33.5 Å². The van der Waals surface area contributed by atoms with Gasteiger partial charge in [0.25, 0.3) is 0 Å². The van der Waals surface area contributed by atoms with Gasteiger partial charge < -0.3 is 5.73 Å². The van der Waals surface area contributed by atoms with Crippen molar-refractivity contribution in [2.45, 2.75) is 19.9 Å². The molecule has 0 fully saturated rings. The molecule has 0 unspecified atom stereocenters. The lowest BCUT2D eigenvalue weighted by Gasteiger charge is -2.10. The summed E-state index contributed by atoms with van der Waals surface area (Å²) in [5.41, 5.74) is 7.52. The molecule has 1 atom stereocenters. The molecule has 0 spiro atoms. The van der Waals surface area contributed by atoms with Crippen LogP contribution in [0.25, 0.3) is 0 Å². The van der Waals surface area contributed by atoms with Gasteiger partial charge in [-0.25, -0.2) is 4.39 Å². The summed E-state index contributed by atoms with van der Waals surface area (Å²) >= 11 is 3.27. The van der Waals surface area contributed by atoms with Crippen molar-refractivity contribution in [3.63, 3.8) is 0 Å². The first-order valence-corrected chi connectivity index (χ1v) is 4.53. The normalized spacial score (nSPS) is 12.1. The maximum absolute atomic E-state index is 12.9. The van der Waals surface area contributed by atoms with Crippen LogP contribution in [0.3, 0.4) is 0 Å². The Bertz CT molecular complexity index is 302. The summed E-state index contributed by atoms with van der Waals surface area (Å²) < 4.78 is 13.7. The Morgan fingerprint density at radius 1 is 1.46 bits per heavy atom. The van der Waals surface area contributed by atoms with Crippen LogP contribution in [-0.4, -0.2) is 0 Å². The van der Waals surface area contributed by atoms with E-state index in [4.69, 9.17) is 5.73 Å². The molecule has 74 valence electrons. The second-order valence-corrected chi connectivity index (χ2v) is 3.74. The van der Waals surface area contributed by atoms with Crippen molar-refractivity contribution in [1.82, 2.24) is 0 Å². The lowest BCUT2D eigenvalue weighted by molar-refractivity contribution is 0.620. The summed E-state index contributed by atoms with van der Waals surface area (Å²) in [6, 6.07) is 2.79. The molecule has 13 heavy (non-hydrogen) atoms. The highest BCUT2D eigenvalue weighted by Gasteiger charge is 2.08. The largest absolute Gasteiger partial charge is 0.324 e. The third-order valence-corrected chi connectivity index (χ3v) is 2.66. The zero-order chi connectivity index (χ0) is 9.30. The molecule has 2 N–H and O–H groups in total. The smallest absolute Gasteiger partial charge is 0.124 e. The molecule has 0 aliphatic rings. The third kappa shape index (κ3) is 2.93. The molecule has 4 heteroatoms. The molecular formula is C9H12BrClFN. The van der Waals surface area contributed by atoms with Crippen molar-refractivity contribution >= 4 is 28.3 Å². The molecule has 0 amide bonds. The van der Waals surface area contributed by atoms with Gasteiger partial charge in [0, 0.05) is 10.5 Å². The summed E-state index contributed by atoms with van der Waals surface area (Å²) in [6.07, 6.45) is 0. The van der Waals surface area contributed by atoms with Gasteiger partial charge in [0.05, 0.1) is 0 Å². The second kappa shape index (κ2) is 4.94. The highest BCUT2D eigenvalue weighted by Crippen LogP contribution is 2.24. The van der Waals surface area contributed by atoms with Crippen LogP contribution in [-0.2, 0) is 0 Å². The molecule has 0 aromatic heterocycles. The van der Waals surface area contributed by atoms with Gasteiger partial charge in [-0.2, -0.15) is 0 Å². The van der Waals surface area contributed by atoms with Gasteiger partial charge in [-0.3, -0.25) is 0 Å². The molecule has 0 aliphatic heterocycles. The number of benzene rings is 1. The summed E-state index contributed by atoms with van der Waals surface area (Å²) in [4.78, 5) is 0. The summed E-state index contributed by atoms with van der Waals surface area (Å²) in [5.74, 6) is -0.250. The first kappa shape index (κ1) is 12.9. The van der Waals surface area contributed by atoms with E-state index in [0.717, 1.165) is 15.6 Å². The fourth-order valence-electron chi connectivity index (χ4n) is 1.14. The van der Waals surface area contributed by atoms with Crippen LogP contribution in [0.1, 0.15) is 24.1 Å². The molecule has 1 aromatic carbocycles. The third-order valence-electron chi connectivity index (χ3n) is 1.84.